The zero-order valence-corrected chi connectivity index (χ0v) is 9.03. The van der Waals surface area contributed by atoms with Crippen LogP contribution in [0.4, 0.5) is 4.79 Å². The van der Waals surface area contributed by atoms with Crippen molar-refractivity contribution in [1.29, 1.82) is 0 Å². The molecule has 0 aliphatic carbocycles. The molecule has 0 spiro atoms. The van der Waals surface area contributed by atoms with E-state index in [1.807, 2.05) is 39.0 Å². The van der Waals surface area contributed by atoms with Crippen LogP contribution in [0.25, 0.3) is 0 Å². The number of carbonyl (C=O) groups excluding carboxylic acids is 1. The predicted octanol–water partition coefficient (Wildman–Crippen LogP) is 1.59. The van der Waals surface area contributed by atoms with E-state index in [4.69, 9.17) is 0 Å². The zero-order valence-electron chi connectivity index (χ0n) is 9.03. The second-order valence-electron chi connectivity index (χ2n) is 3.17. The largest absolute Gasteiger partial charge is 0.498 e. The summed E-state index contributed by atoms with van der Waals surface area (Å²) in [4.78, 5) is 13.7. The minimum Gasteiger partial charge on any atom is -0.226 e. The van der Waals surface area contributed by atoms with Gasteiger partial charge in [-0.25, -0.2) is 4.90 Å². The van der Waals surface area contributed by atoms with Gasteiger partial charge in [-0.2, -0.15) is 9.36 Å². The summed E-state index contributed by atoms with van der Waals surface area (Å²) in [5.74, 6) is 0. The van der Waals surface area contributed by atoms with Gasteiger partial charge in [-0.3, -0.25) is 0 Å². The lowest BCUT2D eigenvalue weighted by Crippen LogP contribution is -2.53. The number of aromatic nitrogens is 1. The first kappa shape index (κ1) is 10.7. The standard InChI is InChI=1S/C11H17N2O/c1-4-12(5-2)11(14)13-9-7-6-8-10(13)3/h6-9H,4-5H2,1-3H3/q+1. The molecule has 0 fully saturated rings. The Morgan fingerprint density at radius 1 is 1.36 bits per heavy atom. The third kappa shape index (κ3) is 2.10. The fourth-order valence-corrected chi connectivity index (χ4v) is 1.39. The molecule has 0 saturated heterocycles. The molecular formula is C11H17N2O+. The lowest BCUT2D eigenvalue weighted by Gasteiger charge is -2.11. The molecule has 76 valence electrons. The first-order valence-corrected chi connectivity index (χ1v) is 4.97. The molecule has 0 radical (unpaired) electrons. The summed E-state index contributed by atoms with van der Waals surface area (Å²) in [5.41, 5.74) is 0.962. The Morgan fingerprint density at radius 2 is 2.00 bits per heavy atom. The zero-order chi connectivity index (χ0) is 10.6. The van der Waals surface area contributed by atoms with Crippen molar-refractivity contribution in [2.75, 3.05) is 13.1 Å². The van der Waals surface area contributed by atoms with Gasteiger partial charge < -0.3 is 0 Å². The van der Waals surface area contributed by atoms with Crippen LogP contribution in [-0.2, 0) is 0 Å². The van der Waals surface area contributed by atoms with Gasteiger partial charge in [-0.05, 0) is 32.9 Å². The van der Waals surface area contributed by atoms with Crippen LogP contribution in [0.3, 0.4) is 0 Å². The summed E-state index contributed by atoms with van der Waals surface area (Å²) in [6, 6.07) is 5.78. The summed E-state index contributed by atoms with van der Waals surface area (Å²) < 4.78 is 1.67. The molecule has 0 aromatic carbocycles. The second-order valence-corrected chi connectivity index (χ2v) is 3.17. The quantitative estimate of drug-likeness (QED) is 0.654. The molecule has 1 amide bonds. The van der Waals surface area contributed by atoms with E-state index in [1.54, 1.807) is 15.7 Å². The molecular weight excluding hydrogens is 176 g/mol. The Bertz CT molecular complexity index is 319. The summed E-state index contributed by atoms with van der Waals surface area (Å²) in [6.45, 7) is 7.40. The minimum absolute atomic E-state index is 0.0492. The summed E-state index contributed by atoms with van der Waals surface area (Å²) in [5, 5.41) is 0. The Balaban J connectivity index is 2.94. The van der Waals surface area contributed by atoms with E-state index in [9.17, 15) is 4.79 Å². The molecule has 0 bridgehead atoms. The van der Waals surface area contributed by atoms with Crippen molar-refractivity contribution in [3.8, 4) is 0 Å². The van der Waals surface area contributed by atoms with Crippen molar-refractivity contribution in [3.05, 3.63) is 30.1 Å². The van der Waals surface area contributed by atoms with E-state index in [2.05, 4.69) is 0 Å². The third-order valence-corrected chi connectivity index (χ3v) is 2.30. The van der Waals surface area contributed by atoms with Gasteiger partial charge in [0, 0.05) is 0 Å². The van der Waals surface area contributed by atoms with Crippen molar-refractivity contribution >= 4 is 6.03 Å². The molecule has 0 N–H and O–H groups in total. The summed E-state index contributed by atoms with van der Waals surface area (Å²) in [6.07, 6.45) is 1.80. The maximum Gasteiger partial charge on any atom is 0.498 e. The Morgan fingerprint density at radius 3 is 2.50 bits per heavy atom. The first-order valence-electron chi connectivity index (χ1n) is 4.97. The van der Waals surface area contributed by atoms with Crippen molar-refractivity contribution in [3.63, 3.8) is 0 Å². The number of amides is 1. The third-order valence-electron chi connectivity index (χ3n) is 2.30. The van der Waals surface area contributed by atoms with Crippen LogP contribution in [-0.4, -0.2) is 24.0 Å². The van der Waals surface area contributed by atoms with Gasteiger partial charge in [0.2, 0.25) is 0 Å². The first-order chi connectivity index (χ1) is 6.70. The molecule has 0 atom stereocenters. The molecule has 14 heavy (non-hydrogen) atoms. The number of hydrogen-bond donors (Lipinski definition) is 0. The van der Waals surface area contributed by atoms with Gasteiger partial charge >= 0.3 is 6.03 Å². The lowest BCUT2D eigenvalue weighted by atomic mass is 10.3. The minimum atomic E-state index is 0.0492. The molecule has 0 saturated carbocycles. The molecule has 1 aromatic heterocycles. The van der Waals surface area contributed by atoms with Gasteiger partial charge in [0.25, 0.3) is 0 Å². The highest BCUT2D eigenvalue weighted by Gasteiger charge is 2.21. The molecule has 1 rings (SSSR count). The van der Waals surface area contributed by atoms with E-state index in [1.165, 1.54) is 0 Å². The van der Waals surface area contributed by atoms with Crippen molar-refractivity contribution < 1.29 is 9.36 Å². The number of rotatable bonds is 2. The highest BCUT2D eigenvalue weighted by atomic mass is 16.2. The molecule has 1 aromatic rings. The van der Waals surface area contributed by atoms with Crippen LogP contribution in [0.15, 0.2) is 24.4 Å². The predicted molar refractivity (Wildman–Crippen MR) is 55.1 cm³/mol. The lowest BCUT2D eigenvalue weighted by molar-refractivity contribution is -0.585. The molecule has 3 heteroatoms. The van der Waals surface area contributed by atoms with E-state index >= 15 is 0 Å². The van der Waals surface area contributed by atoms with Gasteiger partial charge in [-0.1, -0.05) is 6.07 Å². The van der Waals surface area contributed by atoms with Crippen LogP contribution < -0.4 is 4.57 Å². The highest BCUT2D eigenvalue weighted by Crippen LogP contribution is 1.92. The van der Waals surface area contributed by atoms with Gasteiger partial charge in [0.15, 0.2) is 0 Å². The van der Waals surface area contributed by atoms with Crippen LogP contribution in [0.1, 0.15) is 19.5 Å². The SMILES string of the molecule is CCN(CC)C(=O)[n+]1ccccc1C. The number of aryl methyl sites for hydroxylation is 1. The summed E-state index contributed by atoms with van der Waals surface area (Å²) in [7, 11) is 0. The number of carbonyl (C=O) groups is 1. The molecule has 3 nitrogen and oxygen atoms in total. The Hall–Kier alpha value is -1.38. The molecule has 0 aliphatic rings. The topological polar surface area (TPSA) is 24.2 Å². The Kier molecular flexibility index (Phi) is 3.63. The molecule has 1 heterocycles. The molecule has 0 aliphatic heterocycles. The smallest absolute Gasteiger partial charge is 0.226 e. The van der Waals surface area contributed by atoms with Crippen LogP contribution >= 0.6 is 0 Å². The average Bonchev–Trinajstić information content (AvgIpc) is 2.20. The van der Waals surface area contributed by atoms with Crippen LogP contribution in [0.2, 0.25) is 0 Å². The molecule has 0 unspecified atom stereocenters. The highest BCUT2D eigenvalue weighted by molar-refractivity contribution is 5.64. The maximum atomic E-state index is 11.9. The van der Waals surface area contributed by atoms with Gasteiger partial charge in [0.1, 0.15) is 5.69 Å². The number of pyridine rings is 1. The average molecular weight is 193 g/mol. The maximum absolute atomic E-state index is 11.9. The summed E-state index contributed by atoms with van der Waals surface area (Å²) >= 11 is 0. The fourth-order valence-electron chi connectivity index (χ4n) is 1.39. The van der Waals surface area contributed by atoms with Crippen LogP contribution in [0, 0.1) is 6.92 Å². The monoisotopic (exact) mass is 193 g/mol. The van der Waals surface area contributed by atoms with E-state index in [-0.39, 0.29) is 6.03 Å². The Labute approximate surface area is 85.0 Å². The van der Waals surface area contributed by atoms with E-state index in [0.29, 0.717) is 0 Å². The van der Waals surface area contributed by atoms with Gasteiger partial charge in [-0.15, -0.1) is 0 Å². The van der Waals surface area contributed by atoms with Crippen molar-refractivity contribution in [2.24, 2.45) is 0 Å². The van der Waals surface area contributed by atoms with Crippen molar-refractivity contribution in [1.82, 2.24) is 4.90 Å². The van der Waals surface area contributed by atoms with Gasteiger partial charge in [0.05, 0.1) is 19.3 Å². The normalized spacial score (nSPS) is 9.93. The van der Waals surface area contributed by atoms with Crippen molar-refractivity contribution in [2.45, 2.75) is 20.8 Å². The second kappa shape index (κ2) is 4.74. The van der Waals surface area contributed by atoms with Crippen LogP contribution in [0.5, 0.6) is 0 Å². The fraction of sp³-hybridized carbons (Fsp3) is 0.455. The number of nitrogens with zero attached hydrogens (tertiary/aromatic N) is 2. The number of hydrogen-bond acceptors (Lipinski definition) is 1. The van der Waals surface area contributed by atoms with E-state index < -0.39 is 0 Å². The van der Waals surface area contributed by atoms with E-state index in [0.717, 1.165) is 18.8 Å².